The molecule has 3 aliphatic rings. The third kappa shape index (κ3) is 5.67. The van der Waals surface area contributed by atoms with E-state index in [-0.39, 0.29) is 34.3 Å². The van der Waals surface area contributed by atoms with Crippen LogP contribution in [0.5, 0.6) is 23.0 Å². The second-order valence-electron chi connectivity index (χ2n) is 9.96. The molecule has 0 amide bonds. The van der Waals surface area contributed by atoms with E-state index in [1.165, 1.54) is 36.4 Å². The highest BCUT2D eigenvalue weighted by atomic mass is 16.7. The summed E-state index contributed by atoms with van der Waals surface area (Å²) < 4.78 is 28.0. The quantitative estimate of drug-likeness (QED) is 0.149. The van der Waals surface area contributed by atoms with E-state index in [2.05, 4.69) is 0 Å². The Bertz CT molecular complexity index is 1310. The Balaban J connectivity index is 1.50. The minimum Gasteiger partial charge on any atom is -0.508 e. The number of fused-ring (bicyclic) bond motifs is 1. The number of ketones is 1. The average molecular weight is 595 g/mol. The van der Waals surface area contributed by atoms with Crippen LogP contribution in [0.2, 0.25) is 0 Å². The highest BCUT2D eigenvalue weighted by Gasteiger charge is 2.47. The summed E-state index contributed by atoms with van der Waals surface area (Å²) in [4.78, 5) is 13.4. The number of aliphatic hydroxyl groups is 8. The minimum atomic E-state index is -1.82. The van der Waals surface area contributed by atoms with Gasteiger partial charge in [0.1, 0.15) is 77.4 Å². The molecular weight excluding hydrogens is 564 g/mol. The maximum Gasteiger partial charge on any atom is 0.235 e. The van der Waals surface area contributed by atoms with E-state index in [9.17, 15) is 50.8 Å². The molecule has 2 aromatic rings. The number of allylic oxidation sites excluding steroid dienone is 1. The van der Waals surface area contributed by atoms with Crippen LogP contribution < -0.4 is 14.2 Å². The average Bonchev–Trinajstić information content (AvgIpc) is 3.29. The zero-order valence-electron chi connectivity index (χ0n) is 21.7. The van der Waals surface area contributed by atoms with Crippen LogP contribution >= 0.6 is 0 Å². The van der Waals surface area contributed by atoms with Gasteiger partial charge in [0.15, 0.2) is 5.76 Å². The van der Waals surface area contributed by atoms with E-state index in [4.69, 9.17) is 23.7 Å². The van der Waals surface area contributed by atoms with Crippen molar-refractivity contribution in [3.63, 3.8) is 0 Å². The first-order valence-corrected chi connectivity index (χ1v) is 12.9. The van der Waals surface area contributed by atoms with Crippen molar-refractivity contribution in [3.05, 3.63) is 53.3 Å². The molecule has 3 aliphatic heterocycles. The number of carbonyl (C=O) groups is 1. The summed E-state index contributed by atoms with van der Waals surface area (Å²) in [6.07, 6.45) is -14.9. The molecule has 15 nitrogen and oxygen atoms in total. The van der Waals surface area contributed by atoms with Crippen molar-refractivity contribution in [1.29, 1.82) is 0 Å². The summed E-state index contributed by atoms with van der Waals surface area (Å²) in [7, 11) is 0. The Morgan fingerprint density at radius 2 is 1.29 bits per heavy atom. The van der Waals surface area contributed by atoms with Gasteiger partial charge < -0.3 is 69.6 Å². The lowest BCUT2D eigenvalue weighted by atomic mass is 9.99. The number of phenols is 1. The second-order valence-corrected chi connectivity index (χ2v) is 9.96. The van der Waals surface area contributed by atoms with Crippen LogP contribution in [0.1, 0.15) is 15.9 Å². The zero-order valence-corrected chi connectivity index (χ0v) is 21.7. The maximum atomic E-state index is 13.4. The molecule has 228 valence electrons. The number of hydrogen-bond acceptors (Lipinski definition) is 15. The number of aliphatic hydroxyl groups excluding tert-OH is 8. The molecule has 42 heavy (non-hydrogen) atoms. The topological polar surface area (TPSA) is 245 Å². The number of Topliss-reactive ketones (excluding diaryl/α,β-unsaturated/α-hetero) is 1. The number of aromatic hydroxyl groups is 1. The fraction of sp³-hybridized carbons (Fsp3) is 0.444. The van der Waals surface area contributed by atoms with Gasteiger partial charge in [0, 0.05) is 12.1 Å². The van der Waals surface area contributed by atoms with Crippen LogP contribution in [0.25, 0.3) is 6.08 Å². The van der Waals surface area contributed by atoms with Crippen molar-refractivity contribution in [2.75, 3.05) is 13.2 Å². The number of rotatable bonds is 7. The van der Waals surface area contributed by atoms with Crippen molar-refractivity contribution >= 4 is 11.9 Å². The predicted octanol–water partition coefficient (Wildman–Crippen LogP) is -2.63. The zero-order chi connectivity index (χ0) is 30.3. The fourth-order valence-electron chi connectivity index (χ4n) is 4.72. The molecule has 0 spiro atoms. The Hall–Kier alpha value is -3.35. The van der Waals surface area contributed by atoms with Gasteiger partial charge in [-0.3, -0.25) is 4.79 Å². The lowest BCUT2D eigenvalue weighted by Gasteiger charge is -2.40. The number of hydrogen-bond donors (Lipinski definition) is 9. The first kappa shape index (κ1) is 30.1. The summed E-state index contributed by atoms with van der Waals surface area (Å²) in [5.41, 5.74) is 0.344. The first-order valence-electron chi connectivity index (χ1n) is 12.9. The molecule has 0 aromatic heterocycles. The number of ether oxygens (including phenoxy) is 5. The van der Waals surface area contributed by atoms with Crippen LogP contribution in [0.3, 0.4) is 0 Å². The highest BCUT2D eigenvalue weighted by molar-refractivity contribution is 6.16. The van der Waals surface area contributed by atoms with Gasteiger partial charge in [-0.1, -0.05) is 12.1 Å². The first-order chi connectivity index (χ1) is 20.0. The standard InChI is InChI=1S/C27H30O15/c28-8-16-20(32)22(34)24(36)26(41-16)38-12-6-13-18(19(31)15(39-13)5-10-1-3-11(30)4-2-10)14(7-12)40-27-25(37)23(35)21(33)17(9-29)42-27/h1-7,16-17,20-30,32-37H,8-9H2/t16-,17-,20-,21-,22+,23+,24-,25-,26-,27-/m1/s1. The molecule has 0 aliphatic carbocycles. The summed E-state index contributed by atoms with van der Waals surface area (Å²) in [5, 5.41) is 89.9. The van der Waals surface area contributed by atoms with E-state index in [1.807, 2.05) is 0 Å². The van der Waals surface area contributed by atoms with Crippen LogP contribution in [-0.2, 0) is 9.47 Å². The van der Waals surface area contributed by atoms with Crippen molar-refractivity contribution in [1.82, 2.24) is 0 Å². The van der Waals surface area contributed by atoms with Gasteiger partial charge in [0.25, 0.3) is 0 Å². The Labute approximate surface area is 237 Å². The molecule has 5 rings (SSSR count). The van der Waals surface area contributed by atoms with Gasteiger partial charge in [0.2, 0.25) is 18.4 Å². The SMILES string of the molecule is O=C1C(=Cc2ccc(O)cc2)Oc2cc(O[C@@H]3O[C@H](CO)[C@@H](O)[C@H](O)[C@H]3O)cc(O[C@@H]3O[C@H](CO)[C@@H](O)[C@H](O)[C@H]3O)c21. The number of phenolic OH excluding ortho intramolecular Hbond substituents is 1. The van der Waals surface area contributed by atoms with Gasteiger partial charge in [-0.2, -0.15) is 0 Å². The van der Waals surface area contributed by atoms with Gasteiger partial charge in [-0.05, 0) is 23.8 Å². The van der Waals surface area contributed by atoms with E-state index in [1.54, 1.807) is 0 Å². The van der Waals surface area contributed by atoms with E-state index >= 15 is 0 Å². The van der Waals surface area contributed by atoms with Crippen LogP contribution in [0.4, 0.5) is 0 Å². The highest BCUT2D eigenvalue weighted by Crippen LogP contribution is 2.43. The summed E-state index contributed by atoms with van der Waals surface area (Å²) >= 11 is 0. The molecule has 0 radical (unpaired) electrons. The molecule has 0 bridgehead atoms. The largest absolute Gasteiger partial charge is 0.508 e. The summed E-state index contributed by atoms with van der Waals surface area (Å²) in [5.74, 6) is -1.39. The van der Waals surface area contributed by atoms with E-state index in [0.717, 1.165) is 6.07 Å². The van der Waals surface area contributed by atoms with Crippen molar-refractivity contribution in [3.8, 4) is 23.0 Å². The normalized spacial score (nSPS) is 35.5. The Morgan fingerprint density at radius 1 is 0.738 bits per heavy atom. The third-order valence-electron chi connectivity index (χ3n) is 7.09. The van der Waals surface area contributed by atoms with Crippen LogP contribution in [0, 0.1) is 0 Å². The maximum absolute atomic E-state index is 13.4. The molecule has 2 fully saturated rings. The van der Waals surface area contributed by atoms with E-state index in [0.29, 0.717) is 5.56 Å². The molecule has 0 saturated carbocycles. The van der Waals surface area contributed by atoms with Crippen molar-refractivity contribution in [2.45, 2.75) is 61.4 Å². The van der Waals surface area contributed by atoms with Gasteiger partial charge >= 0.3 is 0 Å². The van der Waals surface area contributed by atoms with Gasteiger partial charge in [-0.25, -0.2) is 0 Å². The third-order valence-corrected chi connectivity index (χ3v) is 7.09. The molecule has 0 unspecified atom stereocenters. The molecule has 2 saturated heterocycles. The van der Waals surface area contributed by atoms with Gasteiger partial charge in [0.05, 0.1) is 13.2 Å². The molecular formula is C27H30O15. The second kappa shape index (κ2) is 12.1. The summed E-state index contributed by atoms with van der Waals surface area (Å²) in [6, 6.07) is 8.25. The fourth-order valence-corrected chi connectivity index (χ4v) is 4.72. The van der Waals surface area contributed by atoms with Crippen LogP contribution in [-0.4, -0.2) is 126 Å². The van der Waals surface area contributed by atoms with E-state index < -0.39 is 80.4 Å². The number of benzene rings is 2. The van der Waals surface area contributed by atoms with Crippen molar-refractivity contribution < 1.29 is 74.4 Å². The molecule has 10 atom stereocenters. The Morgan fingerprint density at radius 3 is 1.83 bits per heavy atom. The molecule has 15 heteroatoms. The Kier molecular flexibility index (Phi) is 8.68. The molecule has 2 aromatic carbocycles. The molecule has 9 N–H and O–H groups in total. The predicted molar refractivity (Wildman–Crippen MR) is 136 cm³/mol. The van der Waals surface area contributed by atoms with Crippen LogP contribution in [0.15, 0.2) is 42.2 Å². The lowest BCUT2D eigenvalue weighted by Crippen LogP contribution is -2.60. The smallest absolute Gasteiger partial charge is 0.235 e. The lowest BCUT2D eigenvalue weighted by molar-refractivity contribution is -0.278. The van der Waals surface area contributed by atoms with Crippen molar-refractivity contribution in [2.24, 2.45) is 0 Å². The number of carbonyl (C=O) groups excluding carboxylic acids is 1. The monoisotopic (exact) mass is 594 g/mol. The summed E-state index contributed by atoms with van der Waals surface area (Å²) in [6.45, 7) is -1.44. The minimum absolute atomic E-state index is 0.00398. The van der Waals surface area contributed by atoms with Gasteiger partial charge in [-0.15, -0.1) is 0 Å². The molecule has 3 heterocycles.